The monoisotopic (exact) mass is 381 g/mol. The SMILES string of the molecule is Cc1ncc(-c2nc(N3CCOCC3)nc3c2cnn3C2CCOCC2)cn1. The third kappa shape index (κ3) is 3.20. The van der Waals surface area contributed by atoms with Crippen molar-refractivity contribution < 1.29 is 9.47 Å². The molecule has 146 valence electrons. The second-order valence-corrected chi connectivity index (χ2v) is 7.16. The number of anilines is 1. The highest BCUT2D eigenvalue weighted by atomic mass is 16.5. The van der Waals surface area contributed by atoms with Gasteiger partial charge in [0.1, 0.15) is 5.82 Å². The van der Waals surface area contributed by atoms with Gasteiger partial charge in [-0.05, 0) is 19.8 Å². The van der Waals surface area contributed by atoms with Crippen molar-refractivity contribution >= 4 is 17.0 Å². The Morgan fingerprint density at radius 3 is 2.39 bits per heavy atom. The molecule has 9 nitrogen and oxygen atoms in total. The highest BCUT2D eigenvalue weighted by molar-refractivity contribution is 5.90. The Balaban J connectivity index is 1.65. The molecule has 28 heavy (non-hydrogen) atoms. The molecule has 2 aliphatic rings. The second-order valence-electron chi connectivity index (χ2n) is 7.16. The molecule has 2 saturated heterocycles. The Kier molecular flexibility index (Phi) is 4.61. The summed E-state index contributed by atoms with van der Waals surface area (Å²) >= 11 is 0. The fraction of sp³-hybridized carbons (Fsp3) is 0.526. The molecule has 0 radical (unpaired) electrons. The van der Waals surface area contributed by atoms with Crippen molar-refractivity contribution in [3.8, 4) is 11.3 Å². The van der Waals surface area contributed by atoms with Crippen molar-refractivity contribution in [2.45, 2.75) is 25.8 Å². The molecule has 3 aromatic rings. The Morgan fingerprint density at radius 1 is 0.929 bits per heavy atom. The van der Waals surface area contributed by atoms with Crippen molar-refractivity contribution in [2.75, 3.05) is 44.4 Å². The molecule has 0 spiro atoms. The molecule has 0 aliphatic carbocycles. The molecule has 0 aromatic carbocycles. The number of morpholine rings is 1. The van der Waals surface area contributed by atoms with E-state index in [4.69, 9.17) is 19.4 Å². The van der Waals surface area contributed by atoms with Crippen LogP contribution in [0.4, 0.5) is 5.95 Å². The minimum atomic E-state index is 0.292. The van der Waals surface area contributed by atoms with E-state index in [1.807, 2.05) is 30.2 Å². The number of aromatic nitrogens is 6. The molecule has 5 rings (SSSR count). The zero-order chi connectivity index (χ0) is 18.9. The zero-order valence-corrected chi connectivity index (χ0v) is 15.9. The van der Waals surface area contributed by atoms with Crippen LogP contribution in [-0.4, -0.2) is 69.2 Å². The fourth-order valence-corrected chi connectivity index (χ4v) is 3.75. The van der Waals surface area contributed by atoms with E-state index in [1.165, 1.54) is 0 Å². The molecular weight excluding hydrogens is 358 g/mol. The molecule has 2 aliphatic heterocycles. The van der Waals surface area contributed by atoms with Gasteiger partial charge in [-0.1, -0.05) is 0 Å². The molecule has 0 saturated carbocycles. The van der Waals surface area contributed by atoms with Crippen LogP contribution < -0.4 is 4.90 Å². The van der Waals surface area contributed by atoms with Crippen LogP contribution in [0.2, 0.25) is 0 Å². The van der Waals surface area contributed by atoms with E-state index in [9.17, 15) is 0 Å². The highest BCUT2D eigenvalue weighted by Crippen LogP contribution is 2.31. The van der Waals surface area contributed by atoms with E-state index < -0.39 is 0 Å². The van der Waals surface area contributed by atoms with E-state index >= 15 is 0 Å². The minimum Gasteiger partial charge on any atom is -0.381 e. The number of hydrogen-bond donors (Lipinski definition) is 0. The van der Waals surface area contributed by atoms with E-state index in [0.717, 1.165) is 67.3 Å². The van der Waals surface area contributed by atoms with Crippen molar-refractivity contribution in [1.29, 1.82) is 0 Å². The second kappa shape index (κ2) is 7.40. The predicted molar refractivity (Wildman–Crippen MR) is 103 cm³/mol. The molecule has 5 heterocycles. The maximum absolute atomic E-state index is 5.52. The molecule has 3 aromatic heterocycles. The van der Waals surface area contributed by atoms with Crippen LogP contribution in [-0.2, 0) is 9.47 Å². The largest absolute Gasteiger partial charge is 0.381 e. The number of rotatable bonds is 3. The van der Waals surface area contributed by atoms with Gasteiger partial charge >= 0.3 is 0 Å². The number of aryl methyl sites for hydroxylation is 1. The van der Waals surface area contributed by atoms with E-state index in [-0.39, 0.29) is 0 Å². The Labute approximate surface area is 162 Å². The molecule has 9 heteroatoms. The average molecular weight is 381 g/mol. The highest BCUT2D eigenvalue weighted by Gasteiger charge is 2.24. The molecule has 0 unspecified atom stereocenters. The van der Waals surface area contributed by atoms with Crippen LogP contribution in [0.5, 0.6) is 0 Å². The summed E-state index contributed by atoms with van der Waals surface area (Å²) in [4.78, 5) is 20.7. The van der Waals surface area contributed by atoms with Crippen LogP contribution in [0.1, 0.15) is 24.7 Å². The minimum absolute atomic E-state index is 0.292. The van der Waals surface area contributed by atoms with Gasteiger partial charge in [0.25, 0.3) is 0 Å². The van der Waals surface area contributed by atoms with Crippen molar-refractivity contribution in [3.05, 3.63) is 24.4 Å². The summed E-state index contributed by atoms with van der Waals surface area (Å²) in [6, 6.07) is 0.292. The standard InChI is InChI=1S/C19H23N7O2/c1-13-20-10-14(11-21-13)17-16-12-22-26(15-2-6-27-7-3-15)18(16)24-19(23-17)25-4-8-28-9-5-25/h10-12,15H,2-9H2,1H3. The van der Waals surface area contributed by atoms with Crippen LogP contribution in [0, 0.1) is 6.92 Å². The Bertz CT molecular complexity index is 960. The summed E-state index contributed by atoms with van der Waals surface area (Å²) in [7, 11) is 0. The molecule has 0 bridgehead atoms. The van der Waals surface area contributed by atoms with Crippen LogP contribution in [0.25, 0.3) is 22.3 Å². The summed E-state index contributed by atoms with van der Waals surface area (Å²) in [5.74, 6) is 1.44. The molecule has 0 atom stereocenters. The summed E-state index contributed by atoms with van der Waals surface area (Å²) in [5.41, 5.74) is 2.56. The summed E-state index contributed by atoms with van der Waals surface area (Å²) in [6.45, 7) is 6.31. The first kappa shape index (κ1) is 17.4. The number of nitrogens with zero attached hydrogens (tertiary/aromatic N) is 7. The van der Waals surface area contributed by atoms with E-state index in [1.54, 1.807) is 0 Å². The maximum Gasteiger partial charge on any atom is 0.228 e. The summed E-state index contributed by atoms with van der Waals surface area (Å²) in [6.07, 6.45) is 7.38. The van der Waals surface area contributed by atoms with Gasteiger partial charge in [0.2, 0.25) is 5.95 Å². The van der Waals surface area contributed by atoms with Gasteiger partial charge < -0.3 is 14.4 Å². The summed E-state index contributed by atoms with van der Waals surface area (Å²) < 4.78 is 13.1. The lowest BCUT2D eigenvalue weighted by Gasteiger charge is -2.27. The van der Waals surface area contributed by atoms with Crippen LogP contribution in [0.3, 0.4) is 0 Å². The quantitative estimate of drug-likeness (QED) is 0.678. The van der Waals surface area contributed by atoms with Crippen molar-refractivity contribution in [3.63, 3.8) is 0 Å². The predicted octanol–water partition coefficient (Wildman–Crippen LogP) is 1.78. The van der Waals surface area contributed by atoms with Gasteiger partial charge in [0.15, 0.2) is 5.65 Å². The molecule has 2 fully saturated rings. The molecule has 0 amide bonds. The Hall–Kier alpha value is -2.65. The van der Waals surface area contributed by atoms with Gasteiger partial charge in [0.05, 0.1) is 36.5 Å². The lowest BCUT2D eigenvalue weighted by atomic mass is 10.1. The van der Waals surface area contributed by atoms with Crippen LogP contribution >= 0.6 is 0 Å². The fourth-order valence-electron chi connectivity index (χ4n) is 3.75. The Morgan fingerprint density at radius 2 is 1.64 bits per heavy atom. The van der Waals surface area contributed by atoms with Gasteiger partial charge in [-0.3, -0.25) is 0 Å². The molecular formula is C19H23N7O2. The summed E-state index contributed by atoms with van der Waals surface area (Å²) in [5, 5.41) is 5.61. The maximum atomic E-state index is 5.52. The third-order valence-electron chi connectivity index (χ3n) is 5.33. The van der Waals surface area contributed by atoms with E-state index in [0.29, 0.717) is 25.2 Å². The molecule has 0 N–H and O–H groups in total. The first-order valence-electron chi connectivity index (χ1n) is 9.74. The number of hydrogen-bond acceptors (Lipinski definition) is 8. The zero-order valence-electron chi connectivity index (χ0n) is 15.9. The lowest BCUT2D eigenvalue weighted by Crippen LogP contribution is -2.37. The normalized spacial score (nSPS) is 18.7. The van der Waals surface area contributed by atoms with Crippen LogP contribution in [0.15, 0.2) is 18.6 Å². The van der Waals surface area contributed by atoms with Gasteiger partial charge in [-0.2, -0.15) is 10.1 Å². The average Bonchev–Trinajstić information content (AvgIpc) is 3.19. The number of fused-ring (bicyclic) bond motifs is 1. The topological polar surface area (TPSA) is 91.1 Å². The van der Waals surface area contributed by atoms with E-state index in [2.05, 4.69) is 20.0 Å². The van der Waals surface area contributed by atoms with Crippen molar-refractivity contribution in [2.24, 2.45) is 0 Å². The smallest absolute Gasteiger partial charge is 0.228 e. The van der Waals surface area contributed by atoms with Gasteiger partial charge in [-0.25, -0.2) is 19.6 Å². The van der Waals surface area contributed by atoms with Crippen molar-refractivity contribution in [1.82, 2.24) is 29.7 Å². The first-order chi connectivity index (χ1) is 13.8. The number of ether oxygens (including phenoxy) is 2. The van der Waals surface area contributed by atoms with Gasteiger partial charge in [-0.15, -0.1) is 0 Å². The third-order valence-corrected chi connectivity index (χ3v) is 5.33. The van der Waals surface area contributed by atoms with Gasteiger partial charge in [0, 0.05) is 44.3 Å². The first-order valence-corrected chi connectivity index (χ1v) is 9.74. The lowest BCUT2D eigenvalue weighted by molar-refractivity contribution is 0.0673.